The van der Waals surface area contributed by atoms with Gasteiger partial charge < -0.3 is 10.5 Å². The van der Waals surface area contributed by atoms with Crippen LogP contribution in [0.25, 0.3) is 0 Å². The Morgan fingerprint density at radius 2 is 1.21 bits per heavy atom. The van der Waals surface area contributed by atoms with Crippen molar-refractivity contribution < 1.29 is 9.53 Å². The molecule has 0 aliphatic rings. The number of hydrogen-bond donors (Lipinski definition) is 1. The first-order valence-electron chi connectivity index (χ1n) is 11.7. The number of unbranched alkanes of at least 4 members (excludes halogenated alkanes) is 1. The highest BCUT2D eigenvalue weighted by atomic mass is 16.5. The van der Waals surface area contributed by atoms with Crippen molar-refractivity contribution in [3.63, 3.8) is 0 Å². The van der Waals surface area contributed by atoms with Crippen molar-refractivity contribution in [1.82, 2.24) is 0 Å². The summed E-state index contributed by atoms with van der Waals surface area (Å²) in [5, 5.41) is 0. The third-order valence-electron chi connectivity index (χ3n) is 3.99. The maximum absolute atomic E-state index is 10.9. The molecule has 0 aromatic carbocycles. The molecule has 0 aromatic rings. The molecule has 0 heterocycles. The predicted molar refractivity (Wildman–Crippen MR) is 131 cm³/mol. The number of hydrogen-bond acceptors (Lipinski definition) is 3. The maximum Gasteiger partial charge on any atom is 0.322 e. The molecule has 0 saturated heterocycles. The van der Waals surface area contributed by atoms with Crippen LogP contribution in [0.15, 0.2) is 0 Å². The molecule has 0 fully saturated rings. The molecule has 0 aromatic heterocycles. The fourth-order valence-electron chi connectivity index (χ4n) is 2.84. The van der Waals surface area contributed by atoms with E-state index in [1.807, 2.05) is 0 Å². The van der Waals surface area contributed by atoms with Gasteiger partial charge in [0.2, 0.25) is 0 Å². The quantitative estimate of drug-likeness (QED) is 0.338. The first-order valence-corrected chi connectivity index (χ1v) is 11.7. The standard InChI is InChI=1S/C10H21NO2.2C8H18/c1-8(11)9(12)13-7-5-6-10(2,3)4;1-7(2)6-8(3,4)5;1-5-6-7-8(2,3)4/h8H,5-7,11H2,1-4H3;7H,6H2,1-5H3;5-7H2,1-4H3. The van der Waals surface area contributed by atoms with Gasteiger partial charge in [0.05, 0.1) is 6.61 Å². The number of nitrogens with two attached hydrogens (primary N) is 1. The molecule has 29 heavy (non-hydrogen) atoms. The average Bonchev–Trinajstić information content (AvgIpc) is 2.46. The summed E-state index contributed by atoms with van der Waals surface area (Å²) in [7, 11) is 0. The summed E-state index contributed by atoms with van der Waals surface area (Å²) in [4.78, 5) is 10.9. The Balaban J connectivity index is -0.000000368. The summed E-state index contributed by atoms with van der Waals surface area (Å²) >= 11 is 0. The maximum atomic E-state index is 10.9. The van der Waals surface area contributed by atoms with Gasteiger partial charge in [-0.15, -0.1) is 0 Å². The third-order valence-corrected chi connectivity index (χ3v) is 3.99. The molecule has 1 unspecified atom stereocenters. The zero-order valence-corrected chi connectivity index (χ0v) is 22.5. The lowest BCUT2D eigenvalue weighted by Crippen LogP contribution is -2.29. The molecule has 2 N–H and O–H groups in total. The zero-order valence-electron chi connectivity index (χ0n) is 22.5. The minimum absolute atomic E-state index is 0.306. The minimum Gasteiger partial charge on any atom is -0.465 e. The van der Waals surface area contributed by atoms with Crippen LogP contribution in [0.5, 0.6) is 0 Å². The smallest absolute Gasteiger partial charge is 0.322 e. The van der Waals surface area contributed by atoms with E-state index in [1.165, 1.54) is 25.7 Å². The van der Waals surface area contributed by atoms with Crippen molar-refractivity contribution >= 4 is 5.97 Å². The molecular formula is C26H57NO2. The molecule has 3 heteroatoms. The highest BCUT2D eigenvalue weighted by Crippen LogP contribution is 2.23. The highest BCUT2D eigenvalue weighted by Gasteiger charge is 2.12. The van der Waals surface area contributed by atoms with E-state index in [0.717, 1.165) is 18.8 Å². The van der Waals surface area contributed by atoms with E-state index >= 15 is 0 Å². The lowest BCUT2D eigenvalue weighted by Gasteiger charge is -2.19. The summed E-state index contributed by atoms with van der Waals surface area (Å²) in [5.41, 5.74) is 6.71. The normalized spacial score (nSPS) is 13.1. The van der Waals surface area contributed by atoms with Crippen molar-refractivity contribution in [3.8, 4) is 0 Å². The van der Waals surface area contributed by atoms with Crippen LogP contribution in [-0.4, -0.2) is 18.6 Å². The number of carbonyl (C=O) groups excluding carboxylic acids is 1. The van der Waals surface area contributed by atoms with E-state index in [2.05, 4.69) is 83.1 Å². The van der Waals surface area contributed by atoms with Gasteiger partial charge in [-0.1, -0.05) is 95.9 Å². The number of rotatable bonds is 7. The van der Waals surface area contributed by atoms with Gasteiger partial charge in [0.1, 0.15) is 6.04 Å². The lowest BCUT2D eigenvalue weighted by molar-refractivity contribution is -0.145. The van der Waals surface area contributed by atoms with Crippen molar-refractivity contribution in [2.75, 3.05) is 6.61 Å². The summed E-state index contributed by atoms with van der Waals surface area (Å²) < 4.78 is 4.93. The van der Waals surface area contributed by atoms with Gasteiger partial charge in [-0.3, -0.25) is 4.79 Å². The fourth-order valence-corrected chi connectivity index (χ4v) is 2.84. The van der Waals surface area contributed by atoms with Gasteiger partial charge >= 0.3 is 5.97 Å². The average molecular weight is 416 g/mol. The fraction of sp³-hybridized carbons (Fsp3) is 0.962. The largest absolute Gasteiger partial charge is 0.465 e. The summed E-state index contributed by atoms with van der Waals surface area (Å²) in [6.45, 7) is 29.1. The Hall–Kier alpha value is -0.570. The molecule has 0 aliphatic heterocycles. The highest BCUT2D eigenvalue weighted by molar-refractivity contribution is 5.74. The zero-order chi connectivity index (χ0) is 23.9. The molecule has 0 bridgehead atoms. The Bertz CT molecular complexity index is 379. The second kappa shape index (κ2) is 16.2. The molecule has 1 atom stereocenters. The Morgan fingerprint density at radius 3 is 1.41 bits per heavy atom. The number of esters is 1. The van der Waals surface area contributed by atoms with E-state index < -0.39 is 6.04 Å². The molecule has 0 rings (SSSR count). The van der Waals surface area contributed by atoms with Gasteiger partial charge in [0.15, 0.2) is 0 Å². The van der Waals surface area contributed by atoms with Crippen LogP contribution in [0, 0.1) is 22.2 Å². The molecular weight excluding hydrogens is 358 g/mol. The van der Waals surface area contributed by atoms with E-state index in [0.29, 0.717) is 22.9 Å². The van der Waals surface area contributed by atoms with E-state index in [1.54, 1.807) is 6.92 Å². The Morgan fingerprint density at radius 1 is 0.793 bits per heavy atom. The van der Waals surface area contributed by atoms with Crippen LogP contribution >= 0.6 is 0 Å². The molecule has 0 amide bonds. The molecule has 0 aliphatic carbocycles. The van der Waals surface area contributed by atoms with Gasteiger partial charge in [0.25, 0.3) is 0 Å². The third kappa shape index (κ3) is 38.6. The number of carbonyl (C=O) groups is 1. The van der Waals surface area contributed by atoms with Crippen LogP contribution in [0.3, 0.4) is 0 Å². The topological polar surface area (TPSA) is 52.3 Å². The second-order valence-electron chi connectivity index (χ2n) is 12.4. The monoisotopic (exact) mass is 415 g/mol. The second-order valence-corrected chi connectivity index (χ2v) is 12.4. The van der Waals surface area contributed by atoms with Crippen LogP contribution in [0.1, 0.15) is 129 Å². The van der Waals surface area contributed by atoms with Crippen molar-refractivity contribution in [2.45, 2.75) is 135 Å². The molecule has 0 saturated carbocycles. The Labute approximate surface area is 184 Å². The van der Waals surface area contributed by atoms with E-state index in [4.69, 9.17) is 10.5 Å². The van der Waals surface area contributed by atoms with Gasteiger partial charge in [0, 0.05) is 0 Å². The first-order chi connectivity index (χ1) is 12.8. The Kier molecular flexibility index (Phi) is 18.4. The van der Waals surface area contributed by atoms with Crippen LogP contribution in [0.2, 0.25) is 0 Å². The molecule has 0 radical (unpaired) electrons. The van der Waals surface area contributed by atoms with Gasteiger partial charge in [-0.2, -0.15) is 0 Å². The van der Waals surface area contributed by atoms with Gasteiger partial charge in [-0.25, -0.2) is 0 Å². The first kappa shape index (κ1) is 33.1. The van der Waals surface area contributed by atoms with Crippen molar-refractivity contribution in [2.24, 2.45) is 27.9 Å². The predicted octanol–water partition coefficient (Wildman–Crippen LogP) is 8.00. The minimum atomic E-state index is -0.505. The van der Waals surface area contributed by atoms with E-state index in [-0.39, 0.29) is 5.97 Å². The van der Waals surface area contributed by atoms with Crippen LogP contribution < -0.4 is 5.73 Å². The summed E-state index contributed by atoms with van der Waals surface area (Å²) in [5.74, 6) is 0.531. The van der Waals surface area contributed by atoms with Crippen molar-refractivity contribution in [3.05, 3.63) is 0 Å². The van der Waals surface area contributed by atoms with E-state index in [9.17, 15) is 4.79 Å². The van der Waals surface area contributed by atoms with Gasteiger partial charge in [-0.05, 0) is 54.8 Å². The molecule has 178 valence electrons. The van der Waals surface area contributed by atoms with Crippen LogP contribution in [0.4, 0.5) is 0 Å². The van der Waals surface area contributed by atoms with Crippen molar-refractivity contribution in [1.29, 1.82) is 0 Å². The summed E-state index contributed by atoms with van der Waals surface area (Å²) in [6, 6.07) is -0.505. The lowest BCUT2D eigenvalue weighted by atomic mass is 9.86. The molecule has 3 nitrogen and oxygen atoms in total. The number of ether oxygens (including phenoxy) is 1. The SMILES string of the molecule is CC(C)CC(C)(C)C.CC(N)C(=O)OCCCC(C)(C)C.CCCCC(C)(C)C. The summed E-state index contributed by atoms with van der Waals surface area (Å²) in [6.07, 6.45) is 7.36. The molecule has 0 spiro atoms. The van der Waals surface area contributed by atoms with Crippen LogP contribution in [-0.2, 0) is 9.53 Å².